The van der Waals surface area contributed by atoms with Gasteiger partial charge in [-0.1, -0.05) is 6.07 Å². The summed E-state index contributed by atoms with van der Waals surface area (Å²) < 4.78 is 11.5. The lowest BCUT2D eigenvalue weighted by molar-refractivity contribution is -0.168. The molecule has 108 valence electrons. The number of hydrogen-bond acceptors (Lipinski definition) is 3. The number of rotatable bonds is 4. The molecule has 0 bridgehead atoms. The monoisotopic (exact) mass is 275 g/mol. The van der Waals surface area contributed by atoms with Gasteiger partial charge in [-0.15, -0.1) is 0 Å². The van der Waals surface area contributed by atoms with E-state index in [1.165, 1.54) is 0 Å². The third-order valence-electron chi connectivity index (χ3n) is 3.97. The van der Waals surface area contributed by atoms with E-state index in [-0.39, 0.29) is 12.9 Å². The van der Waals surface area contributed by atoms with Gasteiger partial charge < -0.3 is 19.6 Å². The Bertz CT molecular complexity index is 585. The van der Waals surface area contributed by atoms with E-state index in [2.05, 4.69) is 4.98 Å². The second-order valence-electron chi connectivity index (χ2n) is 5.36. The first-order valence-electron chi connectivity index (χ1n) is 7.22. The maximum atomic E-state index is 9.58. The lowest BCUT2D eigenvalue weighted by Gasteiger charge is -2.23. The molecule has 1 saturated heterocycles. The summed E-state index contributed by atoms with van der Waals surface area (Å²) in [5.41, 5.74) is 4.26. The summed E-state index contributed by atoms with van der Waals surface area (Å²) in [4.78, 5) is 3.25. The van der Waals surface area contributed by atoms with Crippen molar-refractivity contribution < 1.29 is 14.6 Å². The van der Waals surface area contributed by atoms with E-state index in [9.17, 15) is 5.11 Å². The molecule has 1 fully saturated rings. The molecule has 4 heteroatoms. The fourth-order valence-corrected chi connectivity index (χ4v) is 2.87. The highest BCUT2D eigenvalue weighted by molar-refractivity contribution is 5.86. The number of benzene rings is 1. The van der Waals surface area contributed by atoms with Crippen LogP contribution in [0, 0.1) is 6.92 Å². The minimum absolute atomic E-state index is 0.0339. The van der Waals surface area contributed by atoms with Crippen molar-refractivity contribution >= 4 is 10.9 Å². The van der Waals surface area contributed by atoms with Crippen LogP contribution in [0.5, 0.6) is 0 Å². The fourth-order valence-electron chi connectivity index (χ4n) is 2.87. The van der Waals surface area contributed by atoms with Gasteiger partial charge >= 0.3 is 0 Å². The number of fused-ring (bicyclic) bond motifs is 1. The standard InChI is InChI=1S/C16H21NO3/c1-11-8-12(9-18)14(13-5-6-17-16(11)13)10-20-15-4-2-3-7-19-15/h5-6,8,15,17-18H,2-4,7,9-10H2,1H3. The highest BCUT2D eigenvalue weighted by Crippen LogP contribution is 2.27. The summed E-state index contributed by atoms with van der Waals surface area (Å²) in [6, 6.07) is 4.07. The van der Waals surface area contributed by atoms with Crippen LogP contribution in [0.2, 0.25) is 0 Å². The Balaban J connectivity index is 1.85. The van der Waals surface area contributed by atoms with Crippen LogP contribution < -0.4 is 0 Å². The maximum Gasteiger partial charge on any atom is 0.158 e. The zero-order valence-corrected chi connectivity index (χ0v) is 11.8. The molecule has 1 aromatic heterocycles. The number of nitrogens with one attached hydrogen (secondary N) is 1. The summed E-state index contributed by atoms with van der Waals surface area (Å²) in [6.45, 7) is 3.35. The van der Waals surface area contributed by atoms with Gasteiger partial charge in [0.15, 0.2) is 6.29 Å². The van der Waals surface area contributed by atoms with E-state index in [0.717, 1.165) is 53.5 Å². The Hall–Kier alpha value is -1.36. The van der Waals surface area contributed by atoms with Crippen molar-refractivity contribution in [1.29, 1.82) is 0 Å². The second kappa shape index (κ2) is 5.95. The van der Waals surface area contributed by atoms with Gasteiger partial charge in [0.05, 0.1) is 13.2 Å². The molecule has 2 aromatic rings. The summed E-state index contributed by atoms with van der Waals surface area (Å²) >= 11 is 0. The van der Waals surface area contributed by atoms with Crippen LogP contribution in [0.3, 0.4) is 0 Å². The van der Waals surface area contributed by atoms with Gasteiger partial charge in [-0.3, -0.25) is 0 Å². The number of aliphatic hydroxyl groups is 1. The molecule has 20 heavy (non-hydrogen) atoms. The van der Waals surface area contributed by atoms with Crippen LogP contribution in [0.1, 0.15) is 36.0 Å². The van der Waals surface area contributed by atoms with Gasteiger partial charge in [0.25, 0.3) is 0 Å². The third-order valence-corrected chi connectivity index (χ3v) is 3.97. The zero-order valence-electron chi connectivity index (χ0n) is 11.8. The molecule has 1 aliphatic heterocycles. The minimum Gasteiger partial charge on any atom is -0.392 e. The zero-order chi connectivity index (χ0) is 13.9. The lowest BCUT2D eigenvalue weighted by atomic mass is 10.0. The smallest absolute Gasteiger partial charge is 0.158 e. The van der Waals surface area contributed by atoms with Crippen LogP contribution in [-0.4, -0.2) is 23.0 Å². The predicted molar refractivity (Wildman–Crippen MR) is 77.3 cm³/mol. The van der Waals surface area contributed by atoms with Crippen molar-refractivity contribution in [1.82, 2.24) is 4.98 Å². The molecule has 0 aliphatic carbocycles. The van der Waals surface area contributed by atoms with Crippen molar-refractivity contribution in [2.75, 3.05) is 6.61 Å². The van der Waals surface area contributed by atoms with Gasteiger partial charge in [0.1, 0.15) is 0 Å². The van der Waals surface area contributed by atoms with Crippen LogP contribution >= 0.6 is 0 Å². The first kappa shape index (κ1) is 13.6. The highest BCUT2D eigenvalue weighted by Gasteiger charge is 2.17. The number of aromatic amines is 1. The molecule has 0 radical (unpaired) electrons. The van der Waals surface area contributed by atoms with Crippen molar-refractivity contribution in [2.45, 2.75) is 45.7 Å². The van der Waals surface area contributed by atoms with E-state index in [1.807, 2.05) is 25.3 Å². The van der Waals surface area contributed by atoms with Crippen LogP contribution in [-0.2, 0) is 22.7 Å². The van der Waals surface area contributed by atoms with Crippen LogP contribution in [0.25, 0.3) is 10.9 Å². The molecule has 0 spiro atoms. The first-order chi connectivity index (χ1) is 9.79. The number of aromatic nitrogens is 1. The van der Waals surface area contributed by atoms with E-state index in [0.29, 0.717) is 6.61 Å². The van der Waals surface area contributed by atoms with Gasteiger partial charge in [0.2, 0.25) is 0 Å². The second-order valence-corrected chi connectivity index (χ2v) is 5.36. The van der Waals surface area contributed by atoms with E-state index in [4.69, 9.17) is 9.47 Å². The van der Waals surface area contributed by atoms with Crippen molar-refractivity contribution in [3.8, 4) is 0 Å². The molecular weight excluding hydrogens is 254 g/mol. The molecule has 1 atom stereocenters. The Morgan fingerprint density at radius 1 is 1.45 bits per heavy atom. The molecule has 2 heterocycles. The third kappa shape index (κ3) is 2.59. The van der Waals surface area contributed by atoms with Crippen LogP contribution in [0.4, 0.5) is 0 Å². The number of H-pyrrole nitrogens is 1. The SMILES string of the molecule is Cc1cc(CO)c(COC2CCCCO2)c2cc[nH]c12. The lowest BCUT2D eigenvalue weighted by Crippen LogP contribution is -2.22. The fraction of sp³-hybridized carbons (Fsp3) is 0.500. The number of ether oxygens (including phenoxy) is 2. The van der Waals surface area contributed by atoms with Gasteiger partial charge in [-0.05, 0) is 48.9 Å². The van der Waals surface area contributed by atoms with Gasteiger partial charge in [0, 0.05) is 23.7 Å². The van der Waals surface area contributed by atoms with Crippen LogP contribution in [0.15, 0.2) is 18.3 Å². The number of aliphatic hydroxyl groups excluding tert-OH is 1. The summed E-state index contributed by atoms with van der Waals surface area (Å²) in [7, 11) is 0. The van der Waals surface area contributed by atoms with Gasteiger partial charge in [-0.25, -0.2) is 0 Å². The highest BCUT2D eigenvalue weighted by atomic mass is 16.7. The average molecular weight is 275 g/mol. The largest absolute Gasteiger partial charge is 0.392 e. The molecule has 0 amide bonds. The number of aryl methyl sites for hydroxylation is 1. The Morgan fingerprint density at radius 2 is 2.35 bits per heavy atom. The molecule has 2 N–H and O–H groups in total. The quantitative estimate of drug-likeness (QED) is 0.902. The van der Waals surface area contributed by atoms with E-state index in [1.54, 1.807) is 0 Å². The summed E-state index contributed by atoms with van der Waals surface area (Å²) in [5, 5.41) is 10.7. The minimum atomic E-state index is -0.106. The summed E-state index contributed by atoms with van der Waals surface area (Å²) in [5.74, 6) is 0. The Morgan fingerprint density at radius 3 is 3.10 bits per heavy atom. The van der Waals surface area contributed by atoms with Gasteiger partial charge in [-0.2, -0.15) is 0 Å². The topological polar surface area (TPSA) is 54.5 Å². The van der Waals surface area contributed by atoms with Crippen molar-refractivity contribution in [2.24, 2.45) is 0 Å². The molecule has 0 saturated carbocycles. The predicted octanol–water partition coefficient (Wildman–Crippen LogP) is 3.01. The molecule has 1 unspecified atom stereocenters. The van der Waals surface area contributed by atoms with Crippen molar-refractivity contribution in [3.63, 3.8) is 0 Å². The average Bonchev–Trinajstić information content (AvgIpc) is 2.97. The number of hydrogen-bond donors (Lipinski definition) is 2. The van der Waals surface area contributed by atoms with E-state index < -0.39 is 0 Å². The molecular formula is C16H21NO3. The molecule has 4 nitrogen and oxygen atoms in total. The van der Waals surface area contributed by atoms with E-state index >= 15 is 0 Å². The molecule has 1 aliphatic rings. The Labute approximate surface area is 118 Å². The molecule has 3 rings (SSSR count). The Kier molecular flexibility index (Phi) is 4.05. The first-order valence-corrected chi connectivity index (χ1v) is 7.22. The summed E-state index contributed by atoms with van der Waals surface area (Å²) in [6.07, 6.45) is 5.06. The molecule has 1 aromatic carbocycles. The van der Waals surface area contributed by atoms with Crippen molar-refractivity contribution in [3.05, 3.63) is 35.0 Å². The normalized spacial score (nSPS) is 19.6. The maximum absolute atomic E-state index is 9.58.